The molecule has 2 nitrogen and oxygen atoms in total. The molecule has 1 saturated carbocycles. The monoisotopic (exact) mass is 286 g/mol. The van der Waals surface area contributed by atoms with Crippen molar-refractivity contribution < 1.29 is 13.2 Å². The van der Waals surface area contributed by atoms with Crippen LogP contribution in [0.25, 0.3) is 0 Å². The molecule has 3 N–H and O–H groups in total. The standard InChI is InChI=1S/C15H21F3N2/c1-2-10-5-3-4-6-13(10)20-14-8-7-11(19)9-12(14)15(16,17)18/h7-10,13,20H,2-6,19H2,1H3. The van der Waals surface area contributed by atoms with Gasteiger partial charge in [-0.2, -0.15) is 13.2 Å². The van der Waals surface area contributed by atoms with Crippen LogP contribution in [0.2, 0.25) is 0 Å². The fourth-order valence-corrected chi connectivity index (χ4v) is 3.01. The number of nitrogen functional groups attached to an aromatic ring is 1. The third-order valence-electron chi connectivity index (χ3n) is 4.12. The Kier molecular flexibility index (Phi) is 4.45. The predicted octanol–water partition coefficient (Wildman–Crippen LogP) is 4.67. The molecule has 1 aliphatic carbocycles. The van der Waals surface area contributed by atoms with E-state index in [0.29, 0.717) is 5.92 Å². The molecule has 0 heterocycles. The summed E-state index contributed by atoms with van der Waals surface area (Å²) in [6.07, 6.45) is 0.877. The van der Waals surface area contributed by atoms with Gasteiger partial charge in [0, 0.05) is 17.4 Å². The normalized spacial score (nSPS) is 23.6. The lowest BCUT2D eigenvalue weighted by Gasteiger charge is -2.33. The highest BCUT2D eigenvalue weighted by atomic mass is 19.4. The number of halogens is 3. The van der Waals surface area contributed by atoms with Gasteiger partial charge in [0.2, 0.25) is 0 Å². The molecule has 112 valence electrons. The molecule has 0 aliphatic heterocycles. The van der Waals surface area contributed by atoms with E-state index in [0.717, 1.165) is 31.7 Å². The molecule has 2 rings (SSSR count). The number of nitrogens with one attached hydrogen (secondary N) is 1. The summed E-state index contributed by atoms with van der Waals surface area (Å²) >= 11 is 0. The number of benzene rings is 1. The average molecular weight is 286 g/mol. The third kappa shape index (κ3) is 3.38. The second-order valence-electron chi connectivity index (χ2n) is 5.51. The van der Waals surface area contributed by atoms with Crippen LogP contribution >= 0.6 is 0 Å². The zero-order chi connectivity index (χ0) is 14.8. The van der Waals surface area contributed by atoms with Crippen molar-refractivity contribution in [1.29, 1.82) is 0 Å². The molecule has 0 aromatic heterocycles. The fraction of sp³-hybridized carbons (Fsp3) is 0.600. The van der Waals surface area contributed by atoms with E-state index in [4.69, 9.17) is 5.73 Å². The minimum absolute atomic E-state index is 0.124. The summed E-state index contributed by atoms with van der Waals surface area (Å²) in [6.45, 7) is 2.10. The number of nitrogens with two attached hydrogens (primary N) is 1. The third-order valence-corrected chi connectivity index (χ3v) is 4.12. The quantitative estimate of drug-likeness (QED) is 0.792. The van der Waals surface area contributed by atoms with Gasteiger partial charge in [0.05, 0.1) is 5.56 Å². The minimum atomic E-state index is -4.38. The van der Waals surface area contributed by atoms with Crippen molar-refractivity contribution in [2.24, 2.45) is 5.92 Å². The SMILES string of the molecule is CCC1CCCCC1Nc1ccc(N)cc1C(F)(F)F. The highest BCUT2D eigenvalue weighted by Crippen LogP contribution is 2.38. The van der Waals surface area contributed by atoms with Crippen LogP contribution < -0.4 is 11.1 Å². The Morgan fingerprint density at radius 2 is 1.95 bits per heavy atom. The van der Waals surface area contributed by atoms with Crippen LogP contribution in [0.5, 0.6) is 0 Å². The van der Waals surface area contributed by atoms with Gasteiger partial charge in [-0.25, -0.2) is 0 Å². The van der Waals surface area contributed by atoms with E-state index in [-0.39, 0.29) is 17.4 Å². The van der Waals surface area contributed by atoms with E-state index in [9.17, 15) is 13.2 Å². The Morgan fingerprint density at radius 3 is 2.60 bits per heavy atom. The van der Waals surface area contributed by atoms with Crippen molar-refractivity contribution in [2.45, 2.75) is 51.2 Å². The van der Waals surface area contributed by atoms with Gasteiger partial charge in [0.25, 0.3) is 0 Å². The van der Waals surface area contributed by atoms with Crippen molar-refractivity contribution in [3.05, 3.63) is 23.8 Å². The number of rotatable bonds is 3. The number of hydrogen-bond donors (Lipinski definition) is 2. The molecule has 1 aromatic carbocycles. The van der Waals surface area contributed by atoms with Crippen molar-refractivity contribution in [1.82, 2.24) is 0 Å². The minimum Gasteiger partial charge on any atom is -0.399 e. The summed E-state index contributed by atoms with van der Waals surface area (Å²) in [5.41, 5.74) is 5.10. The van der Waals surface area contributed by atoms with Crippen LogP contribution in [0, 0.1) is 5.92 Å². The number of alkyl halides is 3. The fourth-order valence-electron chi connectivity index (χ4n) is 3.01. The summed E-state index contributed by atoms with van der Waals surface area (Å²) in [5.74, 6) is 0.447. The lowest BCUT2D eigenvalue weighted by Crippen LogP contribution is -2.32. The van der Waals surface area contributed by atoms with Gasteiger partial charge in [-0.1, -0.05) is 26.2 Å². The Morgan fingerprint density at radius 1 is 1.25 bits per heavy atom. The molecule has 0 spiro atoms. The van der Waals surface area contributed by atoms with Crippen LogP contribution in [0.1, 0.15) is 44.6 Å². The van der Waals surface area contributed by atoms with Gasteiger partial charge in [0.15, 0.2) is 0 Å². The van der Waals surface area contributed by atoms with Gasteiger partial charge >= 0.3 is 6.18 Å². The maximum Gasteiger partial charge on any atom is 0.418 e. The Balaban J connectivity index is 2.24. The van der Waals surface area contributed by atoms with E-state index in [1.807, 2.05) is 0 Å². The molecule has 0 bridgehead atoms. The van der Waals surface area contributed by atoms with Crippen molar-refractivity contribution in [3.63, 3.8) is 0 Å². The van der Waals surface area contributed by atoms with Gasteiger partial charge in [-0.05, 0) is 37.0 Å². The van der Waals surface area contributed by atoms with E-state index >= 15 is 0 Å². The second-order valence-corrected chi connectivity index (χ2v) is 5.51. The first-order valence-electron chi connectivity index (χ1n) is 7.15. The van der Waals surface area contributed by atoms with Gasteiger partial charge in [0.1, 0.15) is 0 Å². The highest BCUT2D eigenvalue weighted by Gasteiger charge is 2.35. The van der Waals surface area contributed by atoms with Crippen LogP contribution in [0.3, 0.4) is 0 Å². The predicted molar refractivity (Wildman–Crippen MR) is 75.5 cm³/mol. The van der Waals surface area contributed by atoms with Crippen LogP contribution in [-0.4, -0.2) is 6.04 Å². The summed E-state index contributed by atoms with van der Waals surface area (Å²) in [6, 6.07) is 4.09. The molecule has 5 heteroatoms. The molecule has 0 amide bonds. The maximum atomic E-state index is 13.1. The lowest BCUT2D eigenvalue weighted by molar-refractivity contribution is -0.136. The molecule has 1 fully saturated rings. The first-order chi connectivity index (χ1) is 9.41. The number of anilines is 2. The molecule has 20 heavy (non-hydrogen) atoms. The van der Waals surface area contributed by atoms with E-state index in [1.54, 1.807) is 0 Å². The second kappa shape index (κ2) is 5.94. The van der Waals surface area contributed by atoms with E-state index in [1.165, 1.54) is 18.6 Å². The topological polar surface area (TPSA) is 38.0 Å². The Bertz CT molecular complexity index is 457. The Hall–Kier alpha value is -1.39. The first kappa shape index (κ1) is 15.0. The van der Waals surface area contributed by atoms with E-state index < -0.39 is 11.7 Å². The molecule has 1 aliphatic rings. The lowest BCUT2D eigenvalue weighted by atomic mass is 9.82. The summed E-state index contributed by atoms with van der Waals surface area (Å²) < 4.78 is 39.2. The van der Waals surface area contributed by atoms with Gasteiger partial charge < -0.3 is 11.1 Å². The van der Waals surface area contributed by atoms with Gasteiger partial charge in [-0.15, -0.1) is 0 Å². The summed E-state index contributed by atoms with van der Waals surface area (Å²) in [4.78, 5) is 0. The van der Waals surface area contributed by atoms with Crippen molar-refractivity contribution in [2.75, 3.05) is 11.1 Å². The molecule has 0 radical (unpaired) electrons. The zero-order valence-corrected chi connectivity index (χ0v) is 11.6. The summed E-state index contributed by atoms with van der Waals surface area (Å²) in [7, 11) is 0. The smallest absolute Gasteiger partial charge is 0.399 e. The van der Waals surface area contributed by atoms with Crippen LogP contribution in [0.15, 0.2) is 18.2 Å². The Labute approximate surface area is 117 Å². The number of hydrogen-bond acceptors (Lipinski definition) is 2. The molecule has 2 unspecified atom stereocenters. The largest absolute Gasteiger partial charge is 0.418 e. The first-order valence-corrected chi connectivity index (χ1v) is 7.15. The van der Waals surface area contributed by atoms with Crippen LogP contribution in [0.4, 0.5) is 24.5 Å². The molecule has 1 aromatic rings. The molecule has 2 atom stereocenters. The summed E-state index contributed by atoms with van der Waals surface area (Å²) in [5, 5.41) is 3.11. The van der Waals surface area contributed by atoms with Crippen molar-refractivity contribution >= 4 is 11.4 Å². The van der Waals surface area contributed by atoms with Crippen LogP contribution in [-0.2, 0) is 6.18 Å². The van der Waals surface area contributed by atoms with Crippen molar-refractivity contribution in [3.8, 4) is 0 Å². The zero-order valence-electron chi connectivity index (χ0n) is 11.6. The molecular weight excluding hydrogens is 265 g/mol. The van der Waals surface area contributed by atoms with Gasteiger partial charge in [-0.3, -0.25) is 0 Å². The highest BCUT2D eigenvalue weighted by molar-refractivity contribution is 5.59. The maximum absolute atomic E-state index is 13.1. The van der Waals surface area contributed by atoms with E-state index in [2.05, 4.69) is 12.2 Å². The molecule has 0 saturated heterocycles. The molecular formula is C15H21F3N2. The average Bonchev–Trinajstić information content (AvgIpc) is 2.40.